The van der Waals surface area contributed by atoms with Gasteiger partial charge >= 0.3 is 6.03 Å². The molecule has 1 aromatic carbocycles. The van der Waals surface area contributed by atoms with Crippen molar-refractivity contribution in [2.24, 2.45) is 0 Å². The van der Waals surface area contributed by atoms with Crippen molar-refractivity contribution in [3.63, 3.8) is 0 Å². The van der Waals surface area contributed by atoms with Crippen LogP contribution in [0.3, 0.4) is 0 Å². The summed E-state index contributed by atoms with van der Waals surface area (Å²) in [5, 5.41) is 3.12. The van der Waals surface area contributed by atoms with Gasteiger partial charge in [-0.25, -0.2) is 4.79 Å². The van der Waals surface area contributed by atoms with Crippen molar-refractivity contribution < 1.29 is 9.59 Å². The number of piperazine rings is 1. The van der Waals surface area contributed by atoms with Gasteiger partial charge in [-0.05, 0) is 32.8 Å². The Labute approximate surface area is 179 Å². The number of benzene rings is 1. The van der Waals surface area contributed by atoms with Gasteiger partial charge in [0.15, 0.2) is 0 Å². The van der Waals surface area contributed by atoms with Crippen LogP contribution in [0.2, 0.25) is 0 Å². The van der Waals surface area contributed by atoms with Gasteiger partial charge < -0.3 is 15.1 Å². The van der Waals surface area contributed by atoms with Crippen molar-refractivity contribution in [1.29, 1.82) is 0 Å². The first kappa shape index (κ1) is 22.0. The van der Waals surface area contributed by atoms with Gasteiger partial charge in [-0.1, -0.05) is 36.8 Å². The molecular weight excluding hydrogens is 384 g/mol. The van der Waals surface area contributed by atoms with Gasteiger partial charge in [-0.15, -0.1) is 11.8 Å². The molecule has 0 spiro atoms. The second-order valence-corrected chi connectivity index (χ2v) is 9.55. The molecular formula is C22H34N4O2S. The van der Waals surface area contributed by atoms with E-state index in [9.17, 15) is 9.59 Å². The summed E-state index contributed by atoms with van der Waals surface area (Å²) in [7, 11) is 0. The summed E-state index contributed by atoms with van der Waals surface area (Å²) >= 11 is 1.78. The molecule has 0 aliphatic carbocycles. The molecule has 2 aliphatic heterocycles. The molecule has 1 aromatic rings. The lowest BCUT2D eigenvalue weighted by molar-refractivity contribution is -0.130. The Hall–Kier alpha value is -1.73. The fraction of sp³-hybridized carbons (Fsp3) is 0.636. The normalized spacial score (nSPS) is 23.1. The highest BCUT2D eigenvalue weighted by molar-refractivity contribution is 8.01. The van der Waals surface area contributed by atoms with Crippen LogP contribution in [-0.2, 0) is 4.79 Å². The fourth-order valence-corrected chi connectivity index (χ4v) is 5.26. The molecule has 0 unspecified atom stereocenters. The molecule has 2 fully saturated rings. The van der Waals surface area contributed by atoms with E-state index in [1.54, 1.807) is 11.8 Å². The van der Waals surface area contributed by atoms with Crippen LogP contribution in [0.5, 0.6) is 0 Å². The standard InChI is InChI=1S/C22H34N4O2S/c1-5-19-20(27)26(21(29-19)18-8-6-17(4)7-9-18)15-12-24-10-13-25(14-11-24)22(28)23-16(2)3/h6-9,16,19,21H,5,10-15H2,1-4H3,(H,23,28)/t19-,21-/m1/s1. The first-order chi connectivity index (χ1) is 13.9. The van der Waals surface area contributed by atoms with E-state index in [4.69, 9.17) is 0 Å². The van der Waals surface area contributed by atoms with Crippen LogP contribution >= 0.6 is 11.8 Å². The predicted molar refractivity (Wildman–Crippen MR) is 119 cm³/mol. The fourth-order valence-electron chi connectivity index (χ4n) is 3.84. The lowest BCUT2D eigenvalue weighted by Gasteiger charge is -2.36. The Kier molecular flexibility index (Phi) is 7.46. The van der Waals surface area contributed by atoms with Crippen LogP contribution in [0.25, 0.3) is 0 Å². The third-order valence-electron chi connectivity index (χ3n) is 5.60. The van der Waals surface area contributed by atoms with Crippen LogP contribution in [0, 0.1) is 6.92 Å². The average Bonchev–Trinajstić information content (AvgIpc) is 3.02. The minimum Gasteiger partial charge on any atom is -0.336 e. The summed E-state index contributed by atoms with van der Waals surface area (Å²) in [6.07, 6.45) is 0.867. The maximum Gasteiger partial charge on any atom is 0.317 e. The molecule has 6 nitrogen and oxygen atoms in total. The average molecular weight is 419 g/mol. The molecule has 2 saturated heterocycles. The first-order valence-electron chi connectivity index (χ1n) is 10.7. The number of nitrogens with zero attached hydrogens (tertiary/aromatic N) is 3. The molecule has 3 amide bonds. The largest absolute Gasteiger partial charge is 0.336 e. The van der Waals surface area contributed by atoms with Gasteiger partial charge in [0.05, 0.1) is 5.25 Å². The number of hydrogen-bond donors (Lipinski definition) is 1. The lowest BCUT2D eigenvalue weighted by atomic mass is 10.1. The van der Waals surface area contributed by atoms with Crippen molar-refractivity contribution >= 4 is 23.7 Å². The third kappa shape index (κ3) is 5.45. The van der Waals surface area contributed by atoms with Crippen LogP contribution in [0.1, 0.15) is 43.7 Å². The van der Waals surface area contributed by atoms with Gasteiger partial charge in [0.1, 0.15) is 5.37 Å². The van der Waals surface area contributed by atoms with Crippen molar-refractivity contribution in [2.75, 3.05) is 39.3 Å². The SMILES string of the molecule is CC[C@H]1S[C@H](c2ccc(C)cc2)N(CCN2CCN(C(=O)NC(C)C)CC2)C1=O. The predicted octanol–water partition coefficient (Wildman–Crippen LogP) is 3.08. The van der Waals surface area contributed by atoms with E-state index in [0.29, 0.717) is 0 Å². The molecule has 0 bridgehead atoms. The summed E-state index contributed by atoms with van der Waals surface area (Å²) < 4.78 is 0. The molecule has 2 aliphatic rings. The number of amides is 3. The quantitative estimate of drug-likeness (QED) is 0.771. The number of aryl methyl sites for hydroxylation is 1. The Balaban J connectivity index is 1.56. The maximum atomic E-state index is 12.9. The molecule has 2 heterocycles. The molecule has 1 N–H and O–H groups in total. The summed E-state index contributed by atoms with van der Waals surface area (Å²) in [4.78, 5) is 31.4. The summed E-state index contributed by atoms with van der Waals surface area (Å²) in [5.74, 6) is 0.262. The van der Waals surface area contributed by atoms with E-state index in [2.05, 4.69) is 53.2 Å². The number of rotatable bonds is 6. The van der Waals surface area contributed by atoms with E-state index in [1.165, 1.54) is 11.1 Å². The van der Waals surface area contributed by atoms with Gasteiger partial charge in [0.25, 0.3) is 0 Å². The summed E-state index contributed by atoms with van der Waals surface area (Å²) in [6, 6.07) is 8.73. The van der Waals surface area contributed by atoms with Gasteiger partial charge in [-0.3, -0.25) is 9.69 Å². The smallest absolute Gasteiger partial charge is 0.317 e. The third-order valence-corrected chi connectivity index (χ3v) is 7.24. The molecule has 0 saturated carbocycles. The van der Waals surface area contributed by atoms with E-state index in [-0.39, 0.29) is 28.6 Å². The topological polar surface area (TPSA) is 55.9 Å². The summed E-state index contributed by atoms with van der Waals surface area (Å²) in [5.41, 5.74) is 2.45. The Morgan fingerprint density at radius 3 is 2.38 bits per heavy atom. The second-order valence-electron chi connectivity index (χ2n) is 8.26. The molecule has 0 radical (unpaired) electrons. The van der Waals surface area contributed by atoms with E-state index < -0.39 is 0 Å². The van der Waals surface area contributed by atoms with Crippen LogP contribution in [-0.4, -0.2) is 77.2 Å². The molecule has 160 valence electrons. The molecule has 7 heteroatoms. The zero-order chi connectivity index (χ0) is 21.0. The van der Waals surface area contributed by atoms with Gasteiger partial charge in [-0.2, -0.15) is 0 Å². The Bertz CT molecular complexity index is 701. The van der Waals surface area contributed by atoms with Crippen LogP contribution in [0.15, 0.2) is 24.3 Å². The maximum absolute atomic E-state index is 12.9. The van der Waals surface area contributed by atoms with E-state index in [1.807, 2.05) is 18.7 Å². The highest BCUT2D eigenvalue weighted by Crippen LogP contribution is 2.44. The molecule has 0 aromatic heterocycles. The number of urea groups is 1. The summed E-state index contributed by atoms with van der Waals surface area (Å²) in [6.45, 7) is 12.9. The molecule has 29 heavy (non-hydrogen) atoms. The number of thioether (sulfide) groups is 1. The Morgan fingerprint density at radius 2 is 1.79 bits per heavy atom. The van der Waals surface area contributed by atoms with Crippen molar-refractivity contribution in [3.05, 3.63) is 35.4 Å². The number of carbonyl (C=O) groups excluding carboxylic acids is 2. The minimum atomic E-state index is 0.0241. The van der Waals surface area contributed by atoms with E-state index >= 15 is 0 Å². The second kappa shape index (κ2) is 9.85. The molecule has 2 atom stereocenters. The molecule has 3 rings (SSSR count). The number of carbonyl (C=O) groups is 2. The number of hydrogen-bond acceptors (Lipinski definition) is 4. The highest BCUT2D eigenvalue weighted by Gasteiger charge is 2.39. The van der Waals surface area contributed by atoms with Crippen molar-refractivity contribution in [3.8, 4) is 0 Å². The zero-order valence-electron chi connectivity index (χ0n) is 18.1. The minimum absolute atomic E-state index is 0.0241. The van der Waals surface area contributed by atoms with Crippen molar-refractivity contribution in [1.82, 2.24) is 20.0 Å². The highest BCUT2D eigenvalue weighted by atomic mass is 32.2. The lowest BCUT2D eigenvalue weighted by Crippen LogP contribution is -2.53. The monoisotopic (exact) mass is 418 g/mol. The van der Waals surface area contributed by atoms with E-state index in [0.717, 1.165) is 45.7 Å². The first-order valence-corrected chi connectivity index (χ1v) is 11.6. The van der Waals surface area contributed by atoms with Crippen LogP contribution < -0.4 is 5.32 Å². The Morgan fingerprint density at radius 1 is 1.14 bits per heavy atom. The zero-order valence-corrected chi connectivity index (χ0v) is 18.9. The van der Waals surface area contributed by atoms with Gasteiger partial charge in [0, 0.05) is 45.3 Å². The van der Waals surface area contributed by atoms with Gasteiger partial charge in [0.2, 0.25) is 5.91 Å². The van der Waals surface area contributed by atoms with Crippen molar-refractivity contribution in [2.45, 2.75) is 50.8 Å². The number of nitrogens with one attached hydrogen (secondary N) is 1. The van der Waals surface area contributed by atoms with Crippen LogP contribution in [0.4, 0.5) is 4.79 Å².